The number of benzene rings is 2. The third kappa shape index (κ3) is 5.56. The summed E-state index contributed by atoms with van der Waals surface area (Å²) in [7, 11) is 0. The number of urea groups is 1. The molecule has 11 heteroatoms. The lowest BCUT2D eigenvalue weighted by molar-refractivity contribution is -0.334. The van der Waals surface area contributed by atoms with Gasteiger partial charge in [0.05, 0.1) is 17.7 Å². The van der Waals surface area contributed by atoms with Crippen molar-refractivity contribution in [3.63, 3.8) is 0 Å². The van der Waals surface area contributed by atoms with E-state index in [0.717, 1.165) is 38.2 Å². The Hall–Kier alpha value is -2.56. The van der Waals surface area contributed by atoms with Gasteiger partial charge in [0.15, 0.2) is 11.8 Å². The molecule has 3 unspecified atom stereocenters. The molecule has 6 nitrogen and oxygen atoms in total. The number of rotatable bonds is 6. The van der Waals surface area contributed by atoms with E-state index < -0.39 is 35.9 Å². The highest BCUT2D eigenvalue weighted by Gasteiger charge is 2.62. The summed E-state index contributed by atoms with van der Waals surface area (Å²) >= 11 is 5.74. The van der Waals surface area contributed by atoms with Crippen LogP contribution in [0.25, 0.3) is 0 Å². The zero-order valence-corrected chi connectivity index (χ0v) is 22.3. The molecule has 0 spiro atoms. The van der Waals surface area contributed by atoms with Gasteiger partial charge in [0, 0.05) is 29.8 Å². The molecular weight excluding hydrogens is 538 g/mol. The fourth-order valence-electron chi connectivity index (χ4n) is 6.06. The van der Waals surface area contributed by atoms with Crippen LogP contribution in [0.5, 0.6) is 5.75 Å². The van der Waals surface area contributed by atoms with E-state index in [2.05, 4.69) is 22.5 Å². The molecule has 1 aliphatic carbocycles. The largest absolute Gasteiger partial charge is 0.472 e. The molecule has 0 radical (unpaired) electrons. The van der Waals surface area contributed by atoms with Crippen LogP contribution in [-0.4, -0.2) is 48.1 Å². The topological polar surface area (TPSA) is 62.8 Å². The number of hydrogen-bond acceptors (Lipinski definition) is 4. The lowest BCUT2D eigenvalue weighted by atomic mass is 9.85. The summed E-state index contributed by atoms with van der Waals surface area (Å²) in [4.78, 5) is 15.2. The Bertz CT molecular complexity index is 1190. The highest BCUT2D eigenvalue weighted by molar-refractivity contribution is 6.30. The number of halogens is 5. The van der Waals surface area contributed by atoms with Crippen LogP contribution in [0, 0.1) is 5.82 Å². The van der Waals surface area contributed by atoms with Gasteiger partial charge in [-0.05, 0) is 56.9 Å². The van der Waals surface area contributed by atoms with Crippen LogP contribution in [0.1, 0.15) is 57.4 Å². The Morgan fingerprint density at radius 2 is 1.85 bits per heavy atom. The SMILES string of the molecule is CC1CCC(NC(=O)Nc2ccc(Cl)c(F)c2)C(Oc2ccccc2[C@@]2(C(F)(F)F)CCO2)N1C1CCCC1. The first-order chi connectivity index (χ1) is 18.6. The second-order valence-corrected chi connectivity index (χ2v) is 11.0. The Kier molecular flexibility index (Phi) is 7.99. The van der Waals surface area contributed by atoms with E-state index >= 15 is 0 Å². The molecule has 2 aliphatic heterocycles. The number of ether oxygens (including phenoxy) is 2. The van der Waals surface area contributed by atoms with Crippen molar-refractivity contribution in [1.29, 1.82) is 0 Å². The number of nitrogens with one attached hydrogen (secondary N) is 2. The van der Waals surface area contributed by atoms with Crippen molar-refractivity contribution in [3.8, 4) is 5.75 Å². The number of likely N-dealkylation sites (tertiary alicyclic amines) is 1. The molecule has 2 aromatic carbocycles. The van der Waals surface area contributed by atoms with Crippen molar-refractivity contribution in [2.75, 3.05) is 11.9 Å². The smallest absolute Gasteiger partial charge is 0.421 e. The lowest BCUT2D eigenvalue weighted by Crippen LogP contribution is -2.63. The molecule has 4 atom stereocenters. The third-order valence-corrected chi connectivity index (χ3v) is 8.42. The molecule has 2 saturated heterocycles. The minimum atomic E-state index is -4.61. The second-order valence-electron chi connectivity index (χ2n) is 10.6. The predicted octanol–water partition coefficient (Wildman–Crippen LogP) is 6.98. The summed E-state index contributed by atoms with van der Waals surface area (Å²) < 4.78 is 68.2. The Balaban J connectivity index is 1.44. The zero-order chi connectivity index (χ0) is 27.8. The van der Waals surface area contributed by atoms with Crippen LogP contribution in [-0.2, 0) is 10.3 Å². The highest BCUT2D eigenvalue weighted by Crippen LogP contribution is 2.53. The van der Waals surface area contributed by atoms with Gasteiger partial charge in [-0.3, -0.25) is 4.90 Å². The number of para-hydroxylation sites is 1. The Labute approximate surface area is 230 Å². The first-order valence-corrected chi connectivity index (χ1v) is 13.7. The first kappa shape index (κ1) is 28.0. The van der Waals surface area contributed by atoms with E-state index in [9.17, 15) is 22.4 Å². The van der Waals surface area contributed by atoms with Gasteiger partial charge in [-0.25, -0.2) is 9.18 Å². The number of carbonyl (C=O) groups excluding carboxylic acids is 1. The number of nitrogens with zero attached hydrogens (tertiary/aromatic N) is 1. The van der Waals surface area contributed by atoms with Crippen LogP contribution in [0.4, 0.5) is 28.0 Å². The monoisotopic (exact) mass is 569 g/mol. The zero-order valence-electron chi connectivity index (χ0n) is 21.6. The van der Waals surface area contributed by atoms with Gasteiger partial charge in [0.25, 0.3) is 0 Å². The number of alkyl halides is 3. The van der Waals surface area contributed by atoms with Gasteiger partial charge < -0.3 is 20.1 Å². The Morgan fingerprint density at radius 1 is 1.13 bits per heavy atom. The molecule has 0 aromatic heterocycles. The fourth-order valence-corrected chi connectivity index (χ4v) is 6.18. The van der Waals surface area contributed by atoms with Gasteiger partial charge in [-0.2, -0.15) is 13.2 Å². The van der Waals surface area contributed by atoms with Gasteiger partial charge in [-0.15, -0.1) is 0 Å². The van der Waals surface area contributed by atoms with E-state index in [4.69, 9.17) is 21.1 Å². The van der Waals surface area contributed by atoms with Gasteiger partial charge in [-0.1, -0.05) is 42.6 Å². The molecule has 0 bridgehead atoms. The molecule has 2 aromatic rings. The van der Waals surface area contributed by atoms with Crippen molar-refractivity contribution in [2.45, 2.75) is 88.0 Å². The third-order valence-electron chi connectivity index (χ3n) is 8.11. The average molecular weight is 570 g/mol. The van der Waals surface area contributed by atoms with E-state index in [1.807, 2.05) is 0 Å². The highest BCUT2D eigenvalue weighted by atomic mass is 35.5. The summed E-state index contributed by atoms with van der Waals surface area (Å²) in [5, 5.41) is 5.49. The first-order valence-electron chi connectivity index (χ1n) is 13.4. The summed E-state index contributed by atoms with van der Waals surface area (Å²) in [6.07, 6.45) is -0.168. The Morgan fingerprint density at radius 3 is 2.49 bits per heavy atom. The van der Waals surface area contributed by atoms with Crippen LogP contribution in [0.2, 0.25) is 5.02 Å². The maximum absolute atomic E-state index is 14.2. The summed E-state index contributed by atoms with van der Waals surface area (Å²) in [5.74, 6) is -0.577. The lowest BCUT2D eigenvalue weighted by Gasteiger charge is -2.49. The molecule has 1 saturated carbocycles. The van der Waals surface area contributed by atoms with Crippen molar-refractivity contribution in [3.05, 3.63) is 58.9 Å². The fraction of sp³-hybridized carbons (Fsp3) is 0.536. The van der Waals surface area contributed by atoms with Crippen molar-refractivity contribution in [1.82, 2.24) is 10.2 Å². The van der Waals surface area contributed by atoms with E-state index in [0.29, 0.717) is 6.42 Å². The minimum Gasteiger partial charge on any atom is -0.472 e. The van der Waals surface area contributed by atoms with Crippen LogP contribution < -0.4 is 15.4 Å². The molecule has 2 heterocycles. The quantitative estimate of drug-likeness (QED) is 0.369. The maximum Gasteiger partial charge on any atom is 0.421 e. The standard InChI is InChI=1S/C28H32ClF4N3O3/c1-17-10-13-23(35-26(37)34-18-11-12-21(29)22(30)16-18)25(36(17)19-6-2-3-7-19)39-24-9-5-4-8-20(24)27(14-15-38-27)28(31,32)33/h4-5,8-9,11-12,16-17,19,23,25H,2-3,6-7,10,13-15H2,1H3,(H2,34,35,37)/t17?,23?,25?,27-/m1/s1. The predicted molar refractivity (Wildman–Crippen MR) is 139 cm³/mol. The number of piperidine rings is 1. The van der Waals surface area contributed by atoms with Crippen molar-refractivity contribution in [2.24, 2.45) is 0 Å². The van der Waals surface area contributed by atoms with Gasteiger partial charge in [0.1, 0.15) is 11.6 Å². The molecule has 2 amide bonds. The van der Waals surface area contributed by atoms with Gasteiger partial charge in [0.2, 0.25) is 0 Å². The average Bonchev–Trinajstić information content (AvgIpc) is 3.37. The number of carbonyl (C=O) groups is 1. The van der Waals surface area contributed by atoms with Crippen molar-refractivity contribution >= 4 is 23.3 Å². The summed E-state index contributed by atoms with van der Waals surface area (Å²) in [5.41, 5.74) is -2.25. The van der Waals surface area contributed by atoms with Gasteiger partial charge >= 0.3 is 12.2 Å². The minimum absolute atomic E-state index is 0.0121. The molecule has 39 heavy (non-hydrogen) atoms. The normalized spacial score (nSPS) is 28.1. The number of hydrogen-bond donors (Lipinski definition) is 2. The molecule has 3 aliphatic rings. The molecule has 212 valence electrons. The van der Waals surface area contributed by atoms with Crippen molar-refractivity contribution < 1.29 is 31.8 Å². The maximum atomic E-state index is 14.2. The van der Waals surface area contributed by atoms with Crippen LogP contribution >= 0.6 is 11.6 Å². The second kappa shape index (κ2) is 11.1. The molecule has 5 rings (SSSR count). The summed E-state index contributed by atoms with van der Waals surface area (Å²) in [6, 6.07) is 9.26. The molecular formula is C28H32ClF4N3O3. The van der Waals surface area contributed by atoms with E-state index in [-0.39, 0.29) is 47.1 Å². The number of anilines is 1. The molecule has 2 N–H and O–H groups in total. The number of amides is 2. The van der Waals surface area contributed by atoms with Crippen LogP contribution in [0.3, 0.4) is 0 Å². The van der Waals surface area contributed by atoms with Crippen LogP contribution in [0.15, 0.2) is 42.5 Å². The molecule has 3 fully saturated rings. The van der Waals surface area contributed by atoms with E-state index in [1.165, 1.54) is 24.3 Å². The summed E-state index contributed by atoms with van der Waals surface area (Å²) in [6.45, 7) is 2.10. The van der Waals surface area contributed by atoms with E-state index in [1.54, 1.807) is 12.1 Å².